The fraction of sp³-hybridized carbons (Fsp3) is 0.524. The normalized spacial score (nSPS) is 17.0. The molecule has 27 heavy (non-hydrogen) atoms. The van der Waals surface area contributed by atoms with Gasteiger partial charge >= 0.3 is 6.09 Å². The van der Waals surface area contributed by atoms with Gasteiger partial charge in [-0.3, -0.25) is 4.79 Å². The third-order valence-corrected chi connectivity index (χ3v) is 4.90. The summed E-state index contributed by atoms with van der Waals surface area (Å²) in [6.07, 6.45) is 5.29. The van der Waals surface area contributed by atoms with Crippen molar-refractivity contribution in [2.75, 3.05) is 13.1 Å². The topological polar surface area (TPSA) is 58.6 Å². The number of hydrogen-bond donors (Lipinski definition) is 1. The fourth-order valence-electron chi connectivity index (χ4n) is 3.18. The lowest BCUT2D eigenvalue weighted by Crippen LogP contribution is -2.51. The van der Waals surface area contributed by atoms with Crippen LogP contribution in [0.1, 0.15) is 52.0 Å². The van der Waals surface area contributed by atoms with Crippen molar-refractivity contribution in [3.8, 4) is 0 Å². The molecule has 1 fully saturated rings. The molecular weight excluding hydrogens is 408 g/mol. The molecule has 0 unspecified atom stereocenters. The van der Waals surface area contributed by atoms with Crippen LogP contribution in [-0.4, -0.2) is 41.6 Å². The third kappa shape index (κ3) is 6.38. The van der Waals surface area contributed by atoms with Crippen LogP contribution in [0.3, 0.4) is 0 Å². The summed E-state index contributed by atoms with van der Waals surface area (Å²) in [4.78, 5) is 27.5. The minimum absolute atomic E-state index is 0.0654. The number of amides is 2. The second-order valence-electron chi connectivity index (χ2n) is 7.76. The Morgan fingerprint density at radius 1 is 1.19 bits per heavy atom. The molecule has 1 aromatic carbocycles. The molecule has 1 aromatic rings. The van der Waals surface area contributed by atoms with Crippen molar-refractivity contribution in [2.24, 2.45) is 0 Å². The van der Waals surface area contributed by atoms with Crippen LogP contribution >= 0.6 is 15.9 Å². The van der Waals surface area contributed by atoms with E-state index in [2.05, 4.69) is 21.2 Å². The molecule has 1 aliphatic heterocycles. The highest BCUT2D eigenvalue weighted by atomic mass is 79.9. The highest BCUT2D eigenvalue weighted by Gasteiger charge is 2.35. The molecule has 148 valence electrons. The highest BCUT2D eigenvalue weighted by Crippen LogP contribution is 2.26. The van der Waals surface area contributed by atoms with Crippen molar-refractivity contribution >= 4 is 27.9 Å². The van der Waals surface area contributed by atoms with Crippen LogP contribution < -0.4 is 5.32 Å². The first kappa shape index (κ1) is 21.5. The predicted molar refractivity (Wildman–Crippen MR) is 111 cm³/mol. The zero-order valence-corrected chi connectivity index (χ0v) is 18.1. The largest absolute Gasteiger partial charge is 0.444 e. The molecule has 0 aromatic heterocycles. The van der Waals surface area contributed by atoms with Crippen LogP contribution in [0, 0.1) is 0 Å². The van der Waals surface area contributed by atoms with E-state index in [4.69, 9.17) is 4.74 Å². The molecule has 6 heteroatoms. The fourth-order valence-corrected chi connectivity index (χ4v) is 3.45. The molecule has 0 spiro atoms. The molecule has 0 aliphatic carbocycles. The van der Waals surface area contributed by atoms with Crippen LogP contribution in [0.2, 0.25) is 0 Å². The van der Waals surface area contributed by atoms with Gasteiger partial charge in [0.25, 0.3) is 0 Å². The predicted octanol–water partition coefficient (Wildman–Crippen LogP) is 4.62. The number of carbonyl (C=O) groups excluding carboxylic acids is 2. The first-order valence-corrected chi connectivity index (χ1v) is 10.2. The number of rotatable bonds is 5. The van der Waals surface area contributed by atoms with Gasteiger partial charge in [-0.05, 0) is 58.2 Å². The second kappa shape index (κ2) is 9.40. The zero-order valence-electron chi connectivity index (χ0n) is 16.5. The molecule has 2 atom stereocenters. The summed E-state index contributed by atoms with van der Waals surface area (Å²) >= 11 is 3.44. The summed E-state index contributed by atoms with van der Waals surface area (Å²) in [5.41, 5.74) is 0.337. The first-order chi connectivity index (χ1) is 12.7. The Morgan fingerprint density at radius 2 is 1.78 bits per heavy atom. The zero-order chi connectivity index (χ0) is 20.0. The molecule has 1 aliphatic rings. The van der Waals surface area contributed by atoms with Gasteiger partial charge in [0, 0.05) is 23.5 Å². The summed E-state index contributed by atoms with van der Waals surface area (Å²) in [5, 5.41) is 2.83. The number of benzene rings is 1. The Kier molecular flexibility index (Phi) is 7.48. The molecule has 0 bridgehead atoms. The maximum atomic E-state index is 13.2. The van der Waals surface area contributed by atoms with E-state index < -0.39 is 17.7 Å². The summed E-state index contributed by atoms with van der Waals surface area (Å²) in [6.45, 7) is 8.80. The molecule has 2 amide bonds. The molecule has 1 saturated heterocycles. The van der Waals surface area contributed by atoms with Crippen LogP contribution in [-0.2, 0) is 9.53 Å². The van der Waals surface area contributed by atoms with E-state index in [-0.39, 0.29) is 11.8 Å². The summed E-state index contributed by atoms with van der Waals surface area (Å²) < 4.78 is 6.38. The van der Waals surface area contributed by atoms with E-state index in [1.807, 2.05) is 69.0 Å². The molecule has 2 rings (SSSR count). The number of hydrogen-bond acceptors (Lipinski definition) is 3. The van der Waals surface area contributed by atoms with Crippen LogP contribution in [0.4, 0.5) is 4.79 Å². The van der Waals surface area contributed by atoms with E-state index >= 15 is 0 Å². The van der Waals surface area contributed by atoms with Gasteiger partial charge in [0.15, 0.2) is 0 Å². The average molecular weight is 437 g/mol. The number of alkyl carbamates (subject to hydrolysis) is 1. The van der Waals surface area contributed by atoms with Crippen molar-refractivity contribution < 1.29 is 14.3 Å². The molecule has 0 saturated carbocycles. The van der Waals surface area contributed by atoms with Gasteiger partial charge in [0.05, 0.1) is 0 Å². The van der Waals surface area contributed by atoms with Gasteiger partial charge in [0.2, 0.25) is 5.91 Å². The monoisotopic (exact) mass is 436 g/mol. The van der Waals surface area contributed by atoms with Gasteiger partial charge in [-0.25, -0.2) is 4.79 Å². The number of carbonyl (C=O) groups is 2. The van der Waals surface area contributed by atoms with Gasteiger partial charge < -0.3 is 15.0 Å². The SMILES string of the molecule is C/C=C/[C@@H](c1ccc(Br)cc1)[C@H](NC(=O)OC(C)(C)C)C(=O)N1CCCC1. The average Bonchev–Trinajstić information content (AvgIpc) is 3.11. The van der Waals surface area contributed by atoms with E-state index in [1.165, 1.54) is 0 Å². The Hall–Kier alpha value is -1.82. The standard InChI is InChI=1S/C21H29BrN2O3/c1-5-8-17(15-9-11-16(22)12-10-15)18(19(25)24-13-6-7-14-24)23-20(26)27-21(2,3)4/h5,8-12,17-18H,6-7,13-14H2,1-4H3,(H,23,26)/b8-5+/t17-,18-/m0/s1. The maximum absolute atomic E-state index is 13.2. The van der Waals surface area contributed by atoms with E-state index in [0.717, 1.165) is 36.0 Å². The maximum Gasteiger partial charge on any atom is 0.408 e. The number of halogens is 1. The minimum atomic E-state index is -0.713. The van der Waals surface area contributed by atoms with Crippen LogP contribution in [0.15, 0.2) is 40.9 Å². The lowest BCUT2D eigenvalue weighted by Gasteiger charge is -2.30. The number of nitrogens with one attached hydrogen (secondary N) is 1. The number of ether oxygens (including phenoxy) is 1. The Bertz CT molecular complexity index is 674. The van der Waals surface area contributed by atoms with Crippen molar-refractivity contribution in [2.45, 2.75) is 58.1 Å². The lowest BCUT2D eigenvalue weighted by atomic mass is 9.90. The number of allylic oxidation sites excluding steroid dienone is 1. The molecule has 1 heterocycles. The lowest BCUT2D eigenvalue weighted by molar-refractivity contribution is -0.132. The smallest absolute Gasteiger partial charge is 0.408 e. The quantitative estimate of drug-likeness (QED) is 0.684. The van der Waals surface area contributed by atoms with Crippen molar-refractivity contribution in [1.82, 2.24) is 10.2 Å². The number of likely N-dealkylation sites (tertiary alicyclic amines) is 1. The summed E-state index contributed by atoms with van der Waals surface area (Å²) in [5.74, 6) is -0.340. The van der Waals surface area contributed by atoms with Crippen LogP contribution in [0.25, 0.3) is 0 Å². The minimum Gasteiger partial charge on any atom is -0.444 e. The summed E-state index contributed by atoms with van der Waals surface area (Å²) in [7, 11) is 0. The van der Waals surface area contributed by atoms with Crippen molar-refractivity contribution in [1.29, 1.82) is 0 Å². The molecular formula is C21H29BrN2O3. The molecule has 0 radical (unpaired) electrons. The Labute approximate surface area is 170 Å². The molecule has 1 N–H and O–H groups in total. The molecule has 5 nitrogen and oxygen atoms in total. The van der Waals surface area contributed by atoms with E-state index in [9.17, 15) is 9.59 Å². The van der Waals surface area contributed by atoms with Crippen molar-refractivity contribution in [3.05, 3.63) is 46.5 Å². The number of nitrogens with zero attached hydrogens (tertiary/aromatic N) is 1. The second-order valence-corrected chi connectivity index (χ2v) is 8.68. The van der Waals surface area contributed by atoms with E-state index in [0.29, 0.717) is 0 Å². The van der Waals surface area contributed by atoms with E-state index in [1.54, 1.807) is 0 Å². The van der Waals surface area contributed by atoms with Gasteiger partial charge in [0.1, 0.15) is 11.6 Å². The van der Waals surface area contributed by atoms with Gasteiger partial charge in [-0.15, -0.1) is 0 Å². The van der Waals surface area contributed by atoms with Crippen molar-refractivity contribution in [3.63, 3.8) is 0 Å². The van der Waals surface area contributed by atoms with Gasteiger partial charge in [-0.2, -0.15) is 0 Å². The third-order valence-electron chi connectivity index (χ3n) is 4.37. The Morgan fingerprint density at radius 3 is 2.30 bits per heavy atom. The van der Waals surface area contributed by atoms with Gasteiger partial charge in [-0.1, -0.05) is 40.2 Å². The first-order valence-electron chi connectivity index (χ1n) is 9.38. The Balaban J connectivity index is 2.33. The highest BCUT2D eigenvalue weighted by molar-refractivity contribution is 9.10. The van der Waals surface area contributed by atoms with Crippen LogP contribution in [0.5, 0.6) is 0 Å². The summed E-state index contributed by atoms with van der Waals surface area (Å²) in [6, 6.07) is 7.11.